The van der Waals surface area contributed by atoms with Crippen molar-refractivity contribution in [3.8, 4) is 0 Å². The Hall–Kier alpha value is -2.11. The predicted molar refractivity (Wildman–Crippen MR) is 91.1 cm³/mol. The summed E-state index contributed by atoms with van der Waals surface area (Å²) in [4.78, 5) is 13.9. The van der Waals surface area contributed by atoms with Crippen molar-refractivity contribution in [1.29, 1.82) is 0 Å². The van der Waals surface area contributed by atoms with Crippen LogP contribution in [0.25, 0.3) is 0 Å². The van der Waals surface area contributed by atoms with Crippen LogP contribution in [0.15, 0.2) is 42.5 Å². The maximum Gasteiger partial charge on any atom is 0.319 e. The molecule has 2 N–H and O–H groups in total. The number of benzene rings is 2. The average molecular weight is 336 g/mol. The quantitative estimate of drug-likeness (QED) is 0.871. The molecular weight excluding hydrogens is 317 g/mol. The lowest BCUT2D eigenvalue weighted by Gasteiger charge is -2.12. The van der Waals surface area contributed by atoms with E-state index < -0.39 is 11.8 Å². The molecule has 2 rings (SSSR count). The molecule has 122 valence electrons. The van der Waals surface area contributed by atoms with Crippen molar-refractivity contribution in [3.05, 3.63) is 64.4 Å². The van der Waals surface area contributed by atoms with E-state index in [9.17, 15) is 9.18 Å². The fourth-order valence-electron chi connectivity index (χ4n) is 2.14. The van der Waals surface area contributed by atoms with Crippen LogP contribution in [0.5, 0.6) is 0 Å². The zero-order valence-corrected chi connectivity index (χ0v) is 13.8. The van der Waals surface area contributed by atoms with Gasteiger partial charge in [0.25, 0.3) is 0 Å². The molecule has 2 amide bonds. The molecular formula is C17H19ClFN3O. The van der Waals surface area contributed by atoms with Crippen molar-refractivity contribution in [2.75, 3.05) is 19.4 Å². The Labute approximate surface area is 140 Å². The second-order valence-corrected chi connectivity index (χ2v) is 5.93. The molecule has 0 bridgehead atoms. The van der Waals surface area contributed by atoms with Crippen molar-refractivity contribution < 1.29 is 9.18 Å². The van der Waals surface area contributed by atoms with E-state index in [1.807, 2.05) is 38.4 Å². The van der Waals surface area contributed by atoms with Gasteiger partial charge in [0.15, 0.2) is 0 Å². The Morgan fingerprint density at radius 2 is 1.91 bits per heavy atom. The number of carbonyl (C=O) groups is 1. The van der Waals surface area contributed by atoms with Gasteiger partial charge < -0.3 is 15.5 Å². The number of rotatable bonds is 5. The Bertz CT molecular complexity index is 691. The van der Waals surface area contributed by atoms with E-state index in [4.69, 9.17) is 11.6 Å². The molecule has 2 aromatic carbocycles. The molecule has 0 saturated heterocycles. The molecule has 0 atom stereocenters. The smallest absolute Gasteiger partial charge is 0.319 e. The molecule has 0 aliphatic heterocycles. The highest BCUT2D eigenvalue weighted by Gasteiger charge is 2.07. The monoisotopic (exact) mass is 335 g/mol. The second kappa shape index (κ2) is 7.94. The van der Waals surface area contributed by atoms with Crippen LogP contribution in [0.1, 0.15) is 11.1 Å². The lowest BCUT2D eigenvalue weighted by atomic mass is 10.1. The van der Waals surface area contributed by atoms with Crippen molar-refractivity contribution in [2.45, 2.75) is 13.1 Å². The standard InChI is InChI=1S/C17H19ClFN3O/c1-22(2)11-13-5-3-4-12(8-13)10-20-17(23)21-16-7-6-14(18)9-15(16)19/h3-9H,10-11H2,1-2H3,(H2,20,21,23). The SMILES string of the molecule is CN(C)Cc1cccc(CNC(=O)Nc2ccc(Cl)cc2F)c1. The van der Waals surface area contributed by atoms with Crippen molar-refractivity contribution in [1.82, 2.24) is 10.2 Å². The molecule has 0 aliphatic carbocycles. The van der Waals surface area contributed by atoms with Gasteiger partial charge in [-0.1, -0.05) is 35.9 Å². The summed E-state index contributed by atoms with van der Waals surface area (Å²) in [6.07, 6.45) is 0. The van der Waals surface area contributed by atoms with Gasteiger partial charge in [0.2, 0.25) is 0 Å². The lowest BCUT2D eigenvalue weighted by Crippen LogP contribution is -2.28. The number of anilines is 1. The van der Waals surface area contributed by atoms with E-state index in [0.29, 0.717) is 6.54 Å². The first-order valence-electron chi connectivity index (χ1n) is 7.16. The number of hydrogen-bond donors (Lipinski definition) is 2. The molecule has 0 radical (unpaired) electrons. The van der Waals surface area contributed by atoms with Gasteiger partial charge in [0.05, 0.1) is 5.69 Å². The maximum atomic E-state index is 13.6. The average Bonchev–Trinajstić information content (AvgIpc) is 2.48. The fraction of sp³-hybridized carbons (Fsp3) is 0.235. The van der Waals surface area contributed by atoms with Crippen LogP contribution >= 0.6 is 11.6 Å². The molecule has 0 spiro atoms. The van der Waals surface area contributed by atoms with Crippen molar-refractivity contribution >= 4 is 23.3 Å². The maximum absolute atomic E-state index is 13.6. The summed E-state index contributed by atoms with van der Waals surface area (Å²) in [6.45, 7) is 1.19. The zero-order chi connectivity index (χ0) is 16.8. The number of halogens is 2. The van der Waals surface area contributed by atoms with Crippen molar-refractivity contribution in [3.63, 3.8) is 0 Å². The summed E-state index contributed by atoms with van der Waals surface area (Å²) in [5.41, 5.74) is 2.24. The Balaban J connectivity index is 1.91. The van der Waals surface area contributed by atoms with E-state index in [0.717, 1.165) is 18.2 Å². The first-order chi connectivity index (χ1) is 10.9. The molecule has 6 heteroatoms. The van der Waals surface area contributed by atoms with Gasteiger partial charge in [0.1, 0.15) is 5.82 Å². The Morgan fingerprint density at radius 1 is 1.17 bits per heavy atom. The summed E-state index contributed by atoms with van der Waals surface area (Å²) in [7, 11) is 4.00. The summed E-state index contributed by atoms with van der Waals surface area (Å²) in [6, 6.07) is 11.6. The van der Waals surface area contributed by atoms with Gasteiger partial charge in [-0.05, 0) is 43.4 Å². The highest BCUT2D eigenvalue weighted by Crippen LogP contribution is 2.18. The molecule has 0 aliphatic rings. The largest absolute Gasteiger partial charge is 0.334 e. The lowest BCUT2D eigenvalue weighted by molar-refractivity contribution is 0.251. The summed E-state index contributed by atoms with van der Waals surface area (Å²) >= 11 is 5.67. The summed E-state index contributed by atoms with van der Waals surface area (Å²) in [5, 5.41) is 5.45. The van der Waals surface area contributed by atoms with E-state index in [-0.39, 0.29) is 10.7 Å². The summed E-state index contributed by atoms with van der Waals surface area (Å²) < 4.78 is 13.6. The molecule has 0 unspecified atom stereocenters. The van der Waals surface area contributed by atoms with E-state index in [1.54, 1.807) is 0 Å². The fourth-order valence-corrected chi connectivity index (χ4v) is 2.30. The number of carbonyl (C=O) groups excluding carboxylic acids is 1. The minimum atomic E-state index is -0.569. The zero-order valence-electron chi connectivity index (χ0n) is 13.1. The van der Waals surface area contributed by atoms with Crippen LogP contribution in [-0.2, 0) is 13.1 Å². The highest BCUT2D eigenvalue weighted by atomic mass is 35.5. The molecule has 23 heavy (non-hydrogen) atoms. The van der Waals surface area contributed by atoms with Crippen LogP contribution in [-0.4, -0.2) is 25.0 Å². The number of nitrogens with one attached hydrogen (secondary N) is 2. The molecule has 4 nitrogen and oxygen atoms in total. The van der Waals surface area contributed by atoms with Gasteiger partial charge in [-0.2, -0.15) is 0 Å². The van der Waals surface area contributed by atoms with Gasteiger partial charge in [-0.15, -0.1) is 0 Å². The molecule has 0 fully saturated rings. The topological polar surface area (TPSA) is 44.4 Å². The number of urea groups is 1. The minimum absolute atomic E-state index is 0.0910. The van der Waals surface area contributed by atoms with Crippen LogP contribution in [0.3, 0.4) is 0 Å². The van der Waals surface area contributed by atoms with Gasteiger partial charge >= 0.3 is 6.03 Å². The molecule has 2 aromatic rings. The normalized spacial score (nSPS) is 10.7. The first kappa shape index (κ1) is 17.2. The Morgan fingerprint density at radius 3 is 2.61 bits per heavy atom. The number of hydrogen-bond acceptors (Lipinski definition) is 2. The third-order valence-corrected chi connectivity index (χ3v) is 3.36. The third-order valence-electron chi connectivity index (χ3n) is 3.12. The van der Waals surface area contributed by atoms with Crippen LogP contribution in [0, 0.1) is 5.82 Å². The summed E-state index contributed by atoms with van der Waals surface area (Å²) in [5.74, 6) is -0.569. The number of nitrogens with zero attached hydrogens (tertiary/aromatic N) is 1. The molecule has 0 saturated carbocycles. The third kappa shape index (κ3) is 5.54. The molecule has 0 aromatic heterocycles. The van der Waals surface area contributed by atoms with Crippen LogP contribution in [0.2, 0.25) is 5.02 Å². The van der Waals surface area contributed by atoms with Gasteiger partial charge in [-0.3, -0.25) is 0 Å². The second-order valence-electron chi connectivity index (χ2n) is 5.49. The minimum Gasteiger partial charge on any atom is -0.334 e. The highest BCUT2D eigenvalue weighted by molar-refractivity contribution is 6.30. The van der Waals surface area contributed by atoms with Crippen molar-refractivity contribution in [2.24, 2.45) is 0 Å². The first-order valence-corrected chi connectivity index (χ1v) is 7.54. The van der Waals surface area contributed by atoms with Gasteiger partial charge in [-0.25, -0.2) is 9.18 Å². The Kier molecular flexibility index (Phi) is 5.96. The predicted octanol–water partition coefficient (Wildman–Crippen LogP) is 3.86. The van der Waals surface area contributed by atoms with E-state index in [2.05, 4.69) is 15.5 Å². The van der Waals surface area contributed by atoms with Gasteiger partial charge in [0, 0.05) is 18.1 Å². The number of amides is 2. The molecule has 0 heterocycles. The van der Waals surface area contributed by atoms with E-state index in [1.165, 1.54) is 17.7 Å². The van der Waals surface area contributed by atoms with E-state index >= 15 is 0 Å². The van der Waals surface area contributed by atoms with Crippen LogP contribution in [0.4, 0.5) is 14.9 Å². The van der Waals surface area contributed by atoms with Crippen LogP contribution < -0.4 is 10.6 Å².